The van der Waals surface area contributed by atoms with E-state index in [2.05, 4.69) is 12.2 Å². The summed E-state index contributed by atoms with van der Waals surface area (Å²) in [5, 5.41) is 3.37. The third kappa shape index (κ3) is 1.58. The Kier molecular flexibility index (Phi) is 2.17. The Bertz CT molecular complexity index is 129. The predicted molar refractivity (Wildman–Crippen MR) is 47.5 cm³/mol. The van der Waals surface area contributed by atoms with E-state index in [0.29, 0.717) is 0 Å². The van der Waals surface area contributed by atoms with Gasteiger partial charge in [0.05, 0.1) is 0 Å². The van der Waals surface area contributed by atoms with Crippen LogP contribution < -0.4 is 5.32 Å². The maximum absolute atomic E-state index is 3.37. The van der Waals surface area contributed by atoms with Crippen molar-refractivity contribution in [1.82, 2.24) is 5.32 Å². The van der Waals surface area contributed by atoms with Crippen LogP contribution in [0.2, 0.25) is 0 Å². The van der Waals surface area contributed by atoms with Gasteiger partial charge in [-0.15, -0.1) is 0 Å². The topological polar surface area (TPSA) is 12.0 Å². The molecule has 1 aliphatic heterocycles. The van der Waals surface area contributed by atoms with Gasteiger partial charge in [-0.3, -0.25) is 0 Å². The molecule has 1 saturated carbocycles. The molecule has 1 heterocycles. The average molecular weight is 153 g/mol. The monoisotopic (exact) mass is 153 g/mol. The first-order valence-electron chi connectivity index (χ1n) is 5.07. The second kappa shape index (κ2) is 3.14. The fourth-order valence-electron chi connectivity index (χ4n) is 2.55. The molecule has 0 aromatic heterocycles. The summed E-state index contributed by atoms with van der Waals surface area (Å²) >= 11 is 0. The molecular weight excluding hydrogens is 134 g/mol. The highest BCUT2D eigenvalue weighted by atomic mass is 14.9. The zero-order chi connectivity index (χ0) is 7.68. The third-order valence-corrected chi connectivity index (χ3v) is 3.46. The summed E-state index contributed by atoms with van der Waals surface area (Å²) in [5.41, 5.74) is 0. The van der Waals surface area contributed by atoms with Crippen LogP contribution in [0, 0.1) is 17.8 Å². The summed E-state index contributed by atoms with van der Waals surface area (Å²) in [4.78, 5) is 0. The highest BCUT2D eigenvalue weighted by molar-refractivity contribution is 4.84. The lowest BCUT2D eigenvalue weighted by Crippen LogP contribution is -2.47. The normalized spacial score (nSPS) is 40.1. The van der Waals surface area contributed by atoms with Crippen LogP contribution in [0.5, 0.6) is 0 Å². The summed E-state index contributed by atoms with van der Waals surface area (Å²) in [6.07, 6.45) is 5.99. The zero-order valence-electron chi connectivity index (χ0n) is 7.47. The van der Waals surface area contributed by atoms with Gasteiger partial charge in [-0.05, 0) is 37.3 Å². The minimum absolute atomic E-state index is 1.01. The lowest BCUT2D eigenvalue weighted by molar-refractivity contribution is 0.156. The molecule has 0 amide bonds. The highest BCUT2D eigenvalue weighted by Gasteiger charge is 2.29. The summed E-state index contributed by atoms with van der Waals surface area (Å²) in [6.45, 7) is 5.02. The lowest BCUT2D eigenvalue weighted by Gasteiger charge is -2.38. The van der Waals surface area contributed by atoms with Crippen molar-refractivity contribution < 1.29 is 0 Å². The van der Waals surface area contributed by atoms with Gasteiger partial charge >= 0.3 is 0 Å². The minimum atomic E-state index is 1.01. The van der Waals surface area contributed by atoms with Crippen molar-refractivity contribution >= 4 is 0 Å². The average Bonchev–Trinajstić information content (AvgIpc) is 1.83. The molecule has 2 atom stereocenters. The molecule has 11 heavy (non-hydrogen) atoms. The molecule has 0 aromatic rings. The number of hydrogen-bond acceptors (Lipinski definition) is 1. The molecule has 0 aromatic carbocycles. The van der Waals surface area contributed by atoms with Crippen LogP contribution in [-0.2, 0) is 0 Å². The van der Waals surface area contributed by atoms with Crippen molar-refractivity contribution in [2.75, 3.05) is 13.1 Å². The third-order valence-electron chi connectivity index (χ3n) is 3.46. The van der Waals surface area contributed by atoms with Gasteiger partial charge in [-0.25, -0.2) is 0 Å². The van der Waals surface area contributed by atoms with Crippen molar-refractivity contribution in [1.29, 1.82) is 0 Å². The largest absolute Gasteiger partial charge is 0.316 e. The van der Waals surface area contributed by atoms with E-state index in [1.807, 2.05) is 0 Å². The first kappa shape index (κ1) is 7.60. The van der Waals surface area contributed by atoms with Crippen molar-refractivity contribution in [3.05, 3.63) is 0 Å². The van der Waals surface area contributed by atoms with Crippen LogP contribution in [0.25, 0.3) is 0 Å². The van der Waals surface area contributed by atoms with Crippen LogP contribution in [0.4, 0.5) is 0 Å². The SMILES string of the molecule is C[C@@H]1CCC[C@@H](C2CNC2)C1. The Hall–Kier alpha value is -0.0400. The quantitative estimate of drug-likeness (QED) is 0.608. The number of rotatable bonds is 1. The predicted octanol–water partition coefficient (Wildman–Crippen LogP) is 2.03. The fourth-order valence-corrected chi connectivity index (χ4v) is 2.55. The van der Waals surface area contributed by atoms with Crippen LogP contribution in [0.15, 0.2) is 0 Å². The summed E-state index contributed by atoms with van der Waals surface area (Å²) in [7, 11) is 0. The van der Waals surface area contributed by atoms with Gasteiger partial charge in [-0.1, -0.05) is 26.2 Å². The van der Waals surface area contributed by atoms with Crippen LogP contribution in [-0.4, -0.2) is 13.1 Å². The summed E-state index contributed by atoms with van der Waals surface area (Å²) in [5.74, 6) is 3.12. The van der Waals surface area contributed by atoms with Gasteiger partial charge in [0.2, 0.25) is 0 Å². The van der Waals surface area contributed by atoms with E-state index in [4.69, 9.17) is 0 Å². The molecule has 1 nitrogen and oxygen atoms in total. The zero-order valence-corrected chi connectivity index (χ0v) is 7.47. The Morgan fingerprint density at radius 2 is 1.91 bits per heavy atom. The summed E-state index contributed by atoms with van der Waals surface area (Å²) in [6, 6.07) is 0. The second-order valence-corrected chi connectivity index (χ2v) is 4.45. The molecule has 1 N–H and O–H groups in total. The van der Waals surface area contributed by atoms with Gasteiger partial charge in [0.15, 0.2) is 0 Å². The molecule has 0 spiro atoms. The van der Waals surface area contributed by atoms with Crippen LogP contribution in [0.3, 0.4) is 0 Å². The first-order valence-corrected chi connectivity index (χ1v) is 5.07. The maximum atomic E-state index is 3.37. The first-order chi connectivity index (χ1) is 5.36. The van der Waals surface area contributed by atoms with E-state index in [9.17, 15) is 0 Å². The smallest absolute Gasteiger partial charge is 0.000559 e. The molecule has 64 valence electrons. The highest BCUT2D eigenvalue weighted by Crippen LogP contribution is 2.34. The molecule has 0 unspecified atom stereocenters. The fraction of sp³-hybridized carbons (Fsp3) is 1.00. The van der Waals surface area contributed by atoms with E-state index in [1.54, 1.807) is 0 Å². The molecule has 0 radical (unpaired) electrons. The maximum Gasteiger partial charge on any atom is -0.000559 e. The molecule has 1 aliphatic carbocycles. The molecule has 0 bridgehead atoms. The van der Waals surface area contributed by atoms with E-state index in [0.717, 1.165) is 17.8 Å². The molecule has 1 saturated heterocycles. The second-order valence-electron chi connectivity index (χ2n) is 4.45. The lowest BCUT2D eigenvalue weighted by atomic mass is 9.74. The Labute approximate surface area is 69.6 Å². The van der Waals surface area contributed by atoms with Crippen molar-refractivity contribution in [3.8, 4) is 0 Å². The molecule has 2 fully saturated rings. The van der Waals surface area contributed by atoms with Crippen LogP contribution in [0.1, 0.15) is 32.6 Å². The van der Waals surface area contributed by atoms with Gasteiger partial charge in [0.1, 0.15) is 0 Å². The molecule has 1 heteroatoms. The summed E-state index contributed by atoms with van der Waals surface area (Å²) < 4.78 is 0. The van der Waals surface area contributed by atoms with E-state index in [-0.39, 0.29) is 0 Å². The molecular formula is C10H19N. The van der Waals surface area contributed by atoms with Crippen molar-refractivity contribution in [2.24, 2.45) is 17.8 Å². The van der Waals surface area contributed by atoms with Crippen LogP contribution >= 0.6 is 0 Å². The Morgan fingerprint density at radius 3 is 2.45 bits per heavy atom. The van der Waals surface area contributed by atoms with Gasteiger partial charge in [-0.2, -0.15) is 0 Å². The Morgan fingerprint density at radius 1 is 1.09 bits per heavy atom. The minimum Gasteiger partial charge on any atom is -0.316 e. The molecule has 2 rings (SSSR count). The number of nitrogens with one attached hydrogen (secondary N) is 1. The Balaban J connectivity index is 1.82. The van der Waals surface area contributed by atoms with Gasteiger partial charge < -0.3 is 5.32 Å². The van der Waals surface area contributed by atoms with E-state index < -0.39 is 0 Å². The standard InChI is InChI=1S/C10H19N/c1-8-3-2-4-9(5-8)10-6-11-7-10/h8-11H,2-7H2,1H3/t8-,9-/m1/s1. The molecule has 2 aliphatic rings. The van der Waals surface area contributed by atoms with Crippen molar-refractivity contribution in [3.63, 3.8) is 0 Å². The van der Waals surface area contributed by atoms with E-state index >= 15 is 0 Å². The van der Waals surface area contributed by atoms with Crippen molar-refractivity contribution in [2.45, 2.75) is 32.6 Å². The number of hydrogen-bond donors (Lipinski definition) is 1. The van der Waals surface area contributed by atoms with E-state index in [1.165, 1.54) is 38.8 Å². The van der Waals surface area contributed by atoms with Gasteiger partial charge in [0, 0.05) is 0 Å². The van der Waals surface area contributed by atoms with Gasteiger partial charge in [0.25, 0.3) is 0 Å².